The Morgan fingerprint density at radius 1 is 1.43 bits per heavy atom. The molecule has 0 unspecified atom stereocenters. The van der Waals surface area contributed by atoms with Crippen molar-refractivity contribution in [3.8, 4) is 0 Å². The van der Waals surface area contributed by atoms with Gasteiger partial charge in [0.15, 0.2) is 0 Å². The van der Waals surface area contributed by atoms with Crippen molar-refractivity contribution in [2.24, 2.45) is 7.05 Å². The predicted octanol–water partition coefficient (Wildman–Crippen LogP) is 1.41. The zero-order valence-corrected chi connectivity index (χ0v) is 8.83. The Balaban J connectivity index is 2.18. The van der Waals surface area contributed by atoms with Crippen LogP contribution in [0.25, 0.3) is 0 Å². The molecule has 0 aliphatic heterocycles. The minimum atomic E-state index is 0.152. The molecule has 14 heavy (non-hydrogen) atoms. The quantitative estimate of drug-likeness (QED) is 0.777. The molecule has 2 aromatic heterocycles. The van der Waals surface area contributed by atoms with Crippen molar-refractivity contribution in [3.05, 3.63) is 23.9 Å². The molecule has 2 rings (SSSR count). The van der Waals surface area contributed by atoms with Crippen LogP contribution in [0.4, 0.5) is 0 Å². The maximum absolute atomic E-state index is 5.60. The Hall–Kier alpha value is -1.14. The fourth-order valence-electron chi connectivity index (χ4n) is 0.889. The molecule has 0 saturated heterocycles. The first-order valence-corrected chi connectivity index (χ1v) is 4.95. The highest BCUT2D eigenvalue weighted by molar-refractivity contribution is 7.99. The minimum absolute atomic E-state index is 0.152. The Bertz CT molecular complexity index is 443. The lowest BCUT2D eigenvalue weighted by atomic mass is 10.7. The molecule has 0 aromatic carbocycles. The summed E-state index contributed by atoms with van der Waals surface area (Å²) in [6, 6.07) is 0. The molecule has 0 aliphatic rings. The van der Waals surface area contributed by atoms with Crippen molar-refractivity contribution in [2.75, 3.05) is 0 Å². The van der Waals surface area contributed by atoms with E-state index >= 15 is 0 Å². The van der Waals surface area contributed by atoms with Crippen LogP contribution in [0.3, 0.4) is 0 Å². The van der Waals surface area contributed by atoms with Gasteiger partial charge < -0.3 is 0 Å². The van der Waals surface area contributed by atoms with Gasteiger partial charge in [0.05, 0.1) is 17.3 Å². The van der Waals surface area contributed by atoms with Crippen molar-refractivity contribution >= 4 is 23.4 Å². The Morgan fingerprint density at radius 3 is 2.93 bits per heavy atom. The van der Waals surface area contributed by atoms with Crippen LogP contribution < -0.4 is 0 Å². The molecule has 7 heteroatoms. The van der Waals surface area contributed by atoms with E-state index in [-0.39, 0.29) is 5.28 Å². The third-order valence-electron chi connectivity index (χ3n) is 1.41. The van der Waals surface area contributed by atoms with Crippen LogP contribution >= 0.6 is 23.4 Å². The molecule has 0 atom stereocenters. The van der Waals surface area contributed by atoms with Crippen LogP contribution in [-0.2, 0) is 7.05 Å². The number of halogens is 1. The summed E-state index contributed by atoms with van der Waals surface area (Å²) in [7, 11) is 1.86. The molecule has 2 heterocycles. The molecular formula is C7H6ClN5S. The first-order valence-electron chi connectivity index (χ1n) is 3.76. The molecule has 0 saturated carbocycles. The molecule has 0 radical (unpaired) electrons. The number of hydrogen-bond acceptors (Lipinski definition) is 5. The topological polar surface area (TPSA) is 56.5 Å². The lowest BCUT2D eigenvalue weighted by molar-refractivity contribution is 0.766. The van der Waals surface area contributed by atoms with E-state index in [0.717, 1.165) is 4.90 Å². The molecule has 0 aliphatic carbocycles. The lowest BCUT2D eigenvalue weighted by Gasteiger charge is -1.95. The van der Waals surface area contributed by atoms with Gasteiger partial charge in [0.2, 0.25) is 5.28 Å². The van der Waals surface area contributed by atoms with E-state index in [4.69, 9.17) is 11.6 Å². The highest BCUT2D eigenvalue weighted by atomic mass is 35.5. The van der Waals surface area contributed by atoms with E-state index in [2.05, 4.69) is 20.3 Å². The summed E-state index contributed by atoms with van der Waals surface area (Å²) < 4.78 is 1.72. The predicted molar refractivity (Wildman–Crippen MR) is 52.2 cm³/mol. The van der Waals surface area contributed by atoms with E-state index in [1.807, 2.05) is 13.2 Å². The van der Waals surface area contributed by atoms with Crippen LogP contribution in [0.15, 0.2) is 28.5 Å². The molecule has 0 spiro atoms. The van der Waals surface area contributed by atoms with E-state index in [1.165, 1.54) is 11.8 Å². The van der Waals surface area contributed by atoms with E-state index in [9.17, 15) is 0 Å². The third-order valence-corrected chi connectivity index (χ3v) is 2.43. The van der Waals surface area contributed by atoms with Crippen LogP contribution in [0.2, 0.25) is 5.28 Å². The molecule has 5 nitrogen and oxygen atoms in total. The van der Waals surface area contributed by atoms with Crippen LogP contribution in [0, 0.1) is 0 Å². The van der Waals surface area contributed by atoms with Crippen LogP contribution in [0.1, 0.15) is 0 Å². The maximum Gasteiger partial charge on any atom is 0.244 e. The van der Waals surface area contributed by atoms with E-state index < -0.39 is 0 Å². The lowest BCUT2D eigenvalue weighted by Crippen LogP contribution is -1.87. The van der Waals surface area contributed by atoms with Gasteiger partial charge in [-0.25, -0.2) is 4.98 Å². The van der Waals surface area contributed by atoms with Crippen LogP contribution in [-0.4, -0.2) is 25.0 Å². The van der Waals surface area contributed by atoms with Gasteiger partial charge >= 0.3 is 0 Å². The number of hydrogen-bond donors (Lipinski definition) is 0. The zero-order valence-electron chi connectivity index (χ0n) is 7.25. The number of rotatable bonds is 2. The highest BCUT2D eigenvalue weighted by Gasteiger charge is 2.02. The van der Waals surface area contributed by atoms with E-state index in [0.29, 0.717) is 5.03 Å². The third kappa shape index (κ3) is 2.21. The Labute approximate surface area is 89.5 Å². The number of nitrogens with zero attached hydrogens (tertiary/aromatic N) is 5. The minimum Gasteiger partial charge on any atom is -0.275 e. The molecule has 0 N–H and O–H groups in total. The van der Waals surface area contributed by atoms with Crippen molar-refractivity contribution in [1.29, 1.82) is 0 Å². The smallest absolute Gasteiger partial charge is 0.244 e. The number of aryl methyl sites for hydroxylation is 1. The fraction of sp³-hybridized carbons (Fsp3) is 0.143. The standard InChI is InChI=1S/C7H6ClN5S/c1-13-4-5(2-10-13)14-6-3-9-12-7(8)11-6/h2-4H,1H3. The van der Waals surface area contributed by atoms with Gasteiger partial charge in [-0.2, -0.15) is 10.2 Å². The Kier molecular flexibility index (Phi) is 2.64. The molecule has 0 amide bonds. The van der Waals surface area contributed by atoms with Crippen molar-refractivity contribution in [2.45, 2.75) is 9.92 Å². The molecule has 72 valence electrons. The van der Waals surface area contributed by atoms with E-state index in [1.54, 1.807) is 17.1 Å². The second kappa shape index (κ2) is 3.93. The van der Waals surface area contributed by atoms with Crippen molar-refractivity contribution < 1.29 is 0 Å². The first-order chi connectivity index (χ1) is 6.74. The summed E-state index contributed by atoms with van der Waals surface area (Å²) in [4.78, 5) is 4.99. The van der Waals surface area contributed by atoms with Gasteiger partial charge in [-0.3, -0.25) is 4.68 Å². The second-order valence-electron chi connectivity index (χ2n) is 2.52. The summed E-state index contributed by atoms with van der Waals surface area (Å²) in [6.07, 6.45) is 5.20. The van der Waals surface area contributed by atoms with Crippen LogP contribution in [0.5, 0.6) is 0 Å². The number of aromatic nitrogens is 5. The summed E-state index contributed by atoms with van der Waals surface area (Å²) in [5, 5.41) is 12.1. The SMILES string of the molecule is Cn1cc(Sc2cnnc(Cl)n2)cn1. The second-order valence-corrected chi connectivity index (χ2v) is 3.95. The summed E-state index contributed by atoms with van der Waals surface area (Å²) in [5.74, 6) is 0. The van der Waals surface area contributed by atoms with Crippen molar-refractivity contribution in [3.63, 3.8) is 0 Å². The van der Waals surface area contributed by atoms with Gasteiger partial charge in [-0.15, -0.1) is 5.10 Å². The largest absolute Gasteiger partial charge is 0.275 e. The van der Waals surface area contributed by atoms with Gasteiger partial charge in [0, 0.05) is 13.2 Å². The summed E-state index contributed by atoms with van der Waals surface area (Å²) in [5.41, 5.74) is 0. The maximum atomic E-state index is 5.60. The first kappa shape index (κ1) is 9.42. The average molecular weight is 228 g/mol. The monoisotopic (exact) mass is 227 g/mol. The molecular weight excluding hydrogens is 222 g/mol. The summed E-state index contributed by atoms with van der Waals surface area (Å²) >= 11 is 7.04. The molecule has 0 bridgehead atoms. The molecule has 0 fully saturated rings. The van der Waals surface area contributed by atoms with Crippen molar-refractivity contribution in [1.82, 2.24) is 25.0 Å². The normalized spacial score (nSPS) is 10.4. The van der Waals surface area contributed by atoms with Gasteiger partial charge in [-0.1, -0.05) is 11.8 Å². The summed E-state index contributed by atoms with van der Waals surface area (Å²) in [6.45, 7) is 0. The average Bonchev–Trinajstić information content (AvgIpc) is 2.51. The molecule has 2 aromatic rings. The van der Waals surface area contributed by atoms with Gasteiger partial charge in [0.25, 0.3) is 0 Å². The fourth-order valence-corrected chi connectivity index (χ4v) is 1.85. The van der Waals surface area contributed by atoms with Gasteiger partial charge in [0.1, 0.15) is 5.03 Å². The van der Waals surface area contributed by atoms with Gasteiger partial charge in [-0.05, 0) is 11.6 Å². The Morgan fingerprint density at radius 2 is 2.29 bits per heavy atom. The highest BCUT2D eigenvalue weighted by Crippen LogP contribution is 2.24. The zero-order chi connectivity index (χ0) is 9.97.